The Morgan fingerprint density at radius 3 is 2.39 bits per heavy atom. The standard InChI is InChI=1S/C22H33N3OS2/c1-16-7-5-10-20(19(16)4)23-11-13-24(14-12-23)21(26)15-28-22(27)25-17(2)8-6-9-18(25)3/h5,7,10,17-18H,6,8-9,11-15H2,1-4H3/t17-,18-/m0/s1. The van der Waals surface area contributed by atoms with Crippen LogP contribution >= 0.6 is 24.0 Å². The summed E-state index contributed by atoms with van der Waals surface area (Å²) in [4.78, 5) is 19.5. The van der Waals surface area contributed by atoms with Gasteiger partial charge in [0.2, 0.25) is 5.91 Å². The fraction of sp³-hybridized carbons (Fsp3) is 0.636. The molecule has 0 N–H and O–H groups in total. The number of thioether (sulfide) groups is 1. The molecule has 2 fully saturated rings. The molecule has 1 aromatic carbocycles. The Balaban J connectivity index is 1.49. The predicted octanol–water partition coefficient (Wildman–Crippen LogP) is 4.23. The topological polar surface area (TPSA) is 26.8 Å². The highest BCUT2D eigenvalue weighted by molar-refractivity contribution is 8.23. The Hall–Kier alpha value is -1.27. The average Bonchev–Trinajstić information content (AvgIpc) is 2.68. The molecular weight excluding hydrogens is 386 g/mol. The number of piperidine rings is 1. The van der Waals surface area contributed by atoms with Crippen LogP contribution in [0.2, 0.25) is 0 Å². The Morgan fingerprint density at radius 1 is 1.11 bits per heavy atom. The molecule has 6 heteroatoms. The summed E-state index contributed by atoms with van der Waals surface area (Å²) in [6.45, 7) is 12.2. The van der Waals surface area contributed by atoms with E-state index in [4.69, 9.17) is 12.2 Å². The minimum absolute atomic E-state index is 0.213. The molecule has 0 aromatic heterocycles. The fourth-order valence-electron chi connectivity index (χ4n) is 4.35. The van der Waals surface area contributed by atoms with Crippen molar-refractivity contribution in [2.24, 2.45) is 0 Å². The summed E-state index contributed by atoms with van der Waals surface area (Å²) in [5, 5.41) is 0. The van der Waals surface area contributed by atoms with E-state index in [1.165, 1.54) is 36.1 Å². The van der Waals surface area contributed by atoms with Crippen molar-refractivity contribution in [3.8, 4) is 0 Å². The number of hydrogen-bond acceptors (Lipinski definition) is 4. The van der Waals surface area contributed by atoms with E-state index < -0.39 is 0 Å². The van der Waals surface area contributed by atoms with Crippen LogP contribution in [0, 0.1) is 13.8 Å². The van der Waals surface area contributed by atoms with E-state index in [2.05, 4.69) is 55.7 Å². The van der Waals surface area contributed by atoms with Crippen LogP contribution in [-0.4, -0.2) is 64.0 Å². The number of likely N-dealkylation sites (tertiary alicyclic amines) is 1. The molecule has 2 aliphatic rings. The van der Waals surface area contributed by atoms with E-state index >= 15 is 0 Å². The molecule has 0 radical (unpaired) electrons. The Labute approximate surface area is 179 Å². The lowest BCUT2D eigenvalue weighted by Gasteiger charge is -2.41. The maximum absolute atomic E-state index is 12.7. The first-order valence-corrected chi connectivity index (χ1v) is 11.8. The summed E-state index contributed by atoms with van der Waals surface area (Å²) < 4.78 is 0.891. The second kappa shape index (κ2) is 9.49. The van der Waals surface area contributed by atoms with E-state index in [1.807, 2.05) is 4.90 Å². The van der Waals surface area contributed by atoms with E-state index in [-0.39, 0.29) is 5.91 Å². The van der Waals surface area contributed by atoms with E-state index in [0.29, 0.717) is 17.8 Å². The molecule has 3 rings (SSSR count). The van der Waals surface area contributed by atoms with Crippen LogP contribution in [0.5, 0.6) is 0 Å². The molecule has 2 atom stereocenters. The van der Waals surface area contributed by atoms with Crippen molar-refractivity contribution in [3.63, 3.8) is 0 Å². The summed E-state index contributed by atoms with van der Waals surface area (Å²) >= 11 is 7.21. The van der Waals surface area contributed by atoms with Crippen molar-refractivity contribution >= 4 is 39.9 Å². The van der Waals surface area contributed by atoms with Gasteiger partial charge in [-0.2, -0.15) is 0 Å². The molecule has 2 saturated heterocycles. The second-order valence-electron chi connectivity index (χ2n) is 8.18. The summed E-state index contributed by atoms with van der Waals surface area (Å²) in [6, 6.07) is 7.44. The van der Waals surface area contributed by atoms with Crippen LogP contribution in [-0.2, 0) is 4.79 Å². The first-order valence-electron chi connectivity index (χ1n) is 10.4. The predicted molar refractivity (Wildman–Crippen MR) is 124 cm³/mol. The van der Waals surface area contributed by atoms with Crippen molar-refractivity contribution in [2.75, 3.05) is 36.8 Å². The molecule has 0 bridgehead atoms. The van der Waals surface area contributed by atoms with Crippen LogP contribution in [0.25, 0.3) is 0 Å². The lowest BCUT2D eigenvalue weighted by molar-refractivity contribution is -0.128. The van der Waals surface area contributed by atoms with Crippen molar-refractivity contribution < 1.29 is 4.79 Å². The number of carbonyl (C=O) groups excluding carboxylic acids is 1. The molecule has 0 spiro atoms. The highest BCUT2D eigenvalue weighted by atomic mass is 32.2. The highest BCUT2D eigenvalue weighted by Gasteiger charge is 2.28. The van der Waals surface area contributed by atoms with Gasteiger partial charge in [-0.15, -0.1) is 0 Å². The maximum atomic E-state index is 12.7. The van der Waals surface area contributed by atoms with E-state index in [0.717, 1.165) is 30.5 Å². The number of aryl methyl sites for hydroxylation is 1. The Bertz CT molecular complexity index is 706. The van der Waals surface area contributed by atoms with Gasteiger partial charge in [-0.1, -0.05) is 36.1 Å². The number of rotatable bonds is 3. The van der Waals surface area contributed by atoms with Crippen molar-refractivity contribution in [1.29, 1.82) is 0 Å². The van der Waals surface area contributed by atoms with E-state index in [9.17, 15) is 4.79 Å². The quantitative estimate of drug-likeness (QED) is 0.683. The molecule has 2 aliphatic heterocycles. The minimum Gasteiger partial charge on any atom is -0.368 e. The van der Waals surface area contributed by atoms with Gasteiger partial charge in [-0.05, 0) is 64.2 Å². The first kappa shape index (κ1) is 21.4. The van der Waals surface area contributed by atoms with Crippen LogP contribution in [0.1, 0.15) is 44.2 Å². The molecule has 154 valence electrons. The van der Waals surface area contributed by atoms with Gasteiger partial charge in [0.25, 0.3) is 0 Å². The molecule has 28 heavy (non-hydrogen) atoms. The number of benzene rings is 1. The third-order valence-electron chi connectivity index (χ3n) is 6.27. The number of carbonyl (C=O) groups is 1. The molecule has 0 saturated carbocycles. The molecule has 0 unspecified atom stereocenters. The van der Waals surface area contributed by atoms with Gasteiger partial charge < -0.3 is 14.7 Å². The average molecular weight is 420 g/mol. The lowest BCUT2D eigenvalue weighted by atomic mass is 9.99. The van der Waals surface area contributed by atoms with Crippen LogP contribution < -0.4 is 4.90 Å². The third-order valence-corrected chi connectivity index (χ3v) is 7.69. The van der Waals surface area contributed by atoms with Crippen LogP contribution in [0.3, 0.4) is 0 Å². The first-order chi connectivity index (χ1) is 13.4. The zero-order chi connectivity index (χ0) is 20.3. The minimum atomic E-state index is 0.213. The largest absolute Gasteiger partial charge is 0.368 e. The fourth-order valence-corrected chi connectivity index (χ4v) is 5.82. The number of hydrogen-bond donors (Lipinski definition) is 0. The van der Waals surface area contributed by atoms with Gasteiger partial charge in [-0.3, -0.25) is 4.79 Å². The Morgan fingerprint density at radius 2 is 1.75 bits per heavy atom. The summed E-state index contributed by atoms with van der Waals surface area (Å²) in [6.07, 6.45) is 3.66. The summed E-state index contributed by atoms with van der Waals surface area (Å²) in [7, 11) is 0. The highest BCUT2D eigenvalue weighted by Crippen LogP contribution is 2.27. The number of amides is 1. The SMILES string of the molecule is Cc1cccc(N2CCN(C(=O)CSC(=S)N3[C@@H](C)CCC[C@@H]3C)CC2)c1C. The van der Waals surface area contributed by atoms with Gasteiger partial charge in [0.1, 0.15) is 4.32 Å². The second-order valence-corrected chi connectivity index (χ2v) is 9.79. The van der Waals surface area contributed by atoms with Crippen molar-refractivity contribution in [1.82, 2.24) is 9.80 Å². The molecule has 0 aliphatic carbocycles. The number of thiocarbonyl (C=S) groups is 1. The number of piperazine rings is 1. The molecule has 1 amide bonds. The monoisotopic (exact) mass is 419 g/mol. The Kier molecular flexibility index (Phi) is 7.26. The number of nitrogens with zero attached hydrogens (tertiary/aromatic N) is 3. The van der Waals surface area contributed by atoms with Crippen molar-refractivity contribution in [2.45, 2.75) is 59.0 Å². The van der Waals surface area contributed by atoms with Crippen LogP contribution in [0.4, 0.5) is 5.69 Å². The lowest BCUT2D eigenvalue weighted by Crippen LogP contribution is -2.50. The van der Waals surface area contributed by atoms with Gasteiger partial charge in [0.05, 0.1) is 5.75 Å². The molecule has 1 aromatic rings. The third kappa shape index (κ3) is 4.82. The molecule has 2 heterocycles. The number of anilines is 1. The summed E-state index contributed by atoms with van der Waals surface area (Å²) in [5.74, 6) is 0.670. The van der Waals surface area contributed by atoms with E-state index in [1.54, 1.807) is 11.8 Å². The van der Waals surface area contributed by atoms with Gasteiger partial charge in [0.15, 0.2) is 0 Å². The molecular formula is C22H33N3OS2. The van der Waals surface area contributed by atoms with Gasteiger partial charge in [0, 0.05) is 44.0 Å². The normalized spacial score (nSPS) is 23.1. The molecule has 4 nitrogen and oxygen atoms in total. The zero-order valence-corrected chi connectivity index (χ0v) is 19.2. The van der Waals surface area contributed by atoms with Crippen molar-refractivity contribution in [3.05, 3.63) is 29.3 Å². The van der Waals surface area contributed by atoms with Gasteiger partial charge in [-0.25, -0.2) is 0 Å². The van der Waals surface area contributed by atoms with Gasteiger partial charge >= 0.3 is 0 Å². The smallest absolute Gasteiger partial charge is 0.233 e. The maximum Gasteiger partial charge on any atom is 0.233 e. The van der Waals surface area contributed by atoms with Crippen LogP contribution in [0.15, 0.2) is 18.2 Å². The zero-order valence-electron chi connectivity index (χ0n) is 17.6. The summed E-state index contributed by atoms with van der Waals surface area (Å²) in [5.41, 5.74) is 3.96.